The van der Waals surface area contributed by atoms with Crippen LogP contribution in [0.2, 0.25) is 0 Å². The predicted molar refractivity (Wildman–Crippen MR) is 104 cm³/mol. The van der Waals surface area contributed by atoms with E-state index in [1.54, 1.807) is 0 Å². The van der Waals surface area contributed by atoms with Crippen LogP contribution in [0.3, 0.4) is 0 Å². The predicted octanol–water partition coefficient (Wildman–Crippen LogP) is 3.17. The number of amides is 2. The van der Waals surface area contributed by atoms with Gasteiger partial charge in [-0.05, 0) is 18.4 Å². The number of rotatable bonds is 12. The molecule has 1 rings (SSSR count). The van der Waals surface area contributed by atoms with Crippen molar-refractivity contribution in [2.45, 2.75) is 78.0 Å². The zero-order valence-electron chi connectivity index (χ0n) is 16.3. The maximum Gasteiger partial charge on any atom is 0.251 e. The number of aliphatic hydroxyl groups is 1. The third-order valence-corrected chi connectivity index (χ3v) is 4.57. The van der Waals surface area contributed by atoms with E-state index < -0.39 is 18.1 Å². The molecule has 0 radical (unpaired) electrons. The lowest BCUT2D eigenvalue weighted by Gasteiger charge is -2.25. The van der Waals surface area contributed by atoms with Crippen molar-refractivity contribution in [1.29, 1.82) is 0 Å². The highest BCUT2D eigenvalue weighted by Gasteiger charge is 2.28. The first-order valence-electron chi connectivity index (χ1n) is 9.79. The van der Waals surface area contributed by atoms with Crippen molar-refractivity contribution >= 4 is 11.8 Å². The van der Waals surface area contributed by atoms with Crippen molar-refractivity contribution in [3.8, 4) is 0 Å². The van der Waals surface area contributed by atoms with E-state index in [9.17, 15) is 14.7 Å². The summed E-state index contributed by atoms with van der Waals surface area (Å²) in [5.41, 5.74) is 0.969. The highest BCUT2D eigenvalue weighted by molar-refractivity contribution is 5.83. The number of aliphatic hydroxyl groups excluding tert-OH is 1. The number of nitrogens with one attached hydrogen (secondary N) is 2. The highest BCUT2D eigenvalue weighted by Crippen LogP contribution is 2.11. The van der Waals surface area contributed by atoms with Gasteiger partial charge in [0.15, 0.2) is 6.10 Å². The molecule has 3 N–H and O–H groups in total. The molecule has 5 heteroatoms. The maximum atomic E-state index is 12.4. The van der Waals surface area contributed by atoms with Gasteiger partial charge in [-0.15, -0.1) is 0 Å². The van der Waals surface area contributed by atoms with E-state index in [0.29, 0.717) is 13.0 Å². The Morgan fingerprint density at radius 3 is 2.31 bits per heavy atom. The smallest absolute Gasteiger partial charge is 0.251 e. The lowest BCUT2D eigenvalue weighted by atomic mass is 9.99. The molecule has 1 unspecified atom stereocenters. The fraction of sp³-hybridized carbons (Fsp3) is 0.619. The summed E-state index contributed by atoms with van der Waals surface area (Å²) in [5, 5.41) is 16.1. The van der Waals surface area contributed by atoms with E-state index in [2.05, 4.69) is 17.6 Å². The monoisotopic (exact) mass is 362 g/mol. The van der Waals surface area contributed by atoms with Crippen LogP contribution in [0, 0.1) is 5.92 Å². The number of unbranched alkanes of at least 4 members (excludes halogenated alkanes) is 2. The van der Waals surface area contributed by atoms with Gasteiger partial charge >= 0.3 is 0 Å². The number of hydrogen-bond donors (Lipinski definition) is 3. The summed E-state index contributed by atoms with van der Waals surface area (Å²) in [4.78, 5) is 24.7. The summed E-state index contributed by atoms with van der Waals surface area (Å²) in [6, 6.07) is 9.00. The lowest BCUT2D eigenvalue weighted by molar-refractivity contribution is -0.133. The standard InChI is InChI=1S/C21H34N2O3/c1-4-6-8-14-18(23-20(25)16(3)11-5-2)19(24)21(26)22-15-17-12-9-7-10-13-17/h7,9-10,12-13,16,18-19,24H,4-6,8,11,14-15H2,1-3H3,(H,22,26)(H,23,25)/t16-,18-,19?/m0/s1. The van der Waals surface area contributed by atoms with E-state index in [0.717, 1.165) is 37.7 Å². The van der Waals surface area contributed by atoms with Crippen LogP contribution in [0.5, 0.6) is 0 Å². The Morgan fingerprint density at radius 2 is 1.69 bits per heavy atom. The van der Waals surface area contributed by atoms with Gasteiger partial charge in [0, 0.05) is 12.5 Å². The summed E-state index contributed by atoms with van der Waals surface area (Å²) in [7, 11) is 0. The van der Waals surface area contributed by atoms with Gasteiger partial charge in [0.1, 0.15) is 0 Å². The van der Waals surface area contributed by atoms with E-state index in [4.69, 9.17) is 0 Å². The van der Waals surface area contributed by atoms with Crippen molar-refractivity contribution in [2.75, 3.05) is 0 Å². The van der Waals surface area contributed by atoms with E-state index in [1.165, 1.54) is 0 Å². The van der Waals surface area contributed by atoms with E-state index >= 15 is 0 Å². The Labute approximate surface area is 157 Å². The van der Waals surface area contributed by atoms with Crippen molar-refractivity contribution in [3.05, 3.63) is 35.9 Å². The topological polar surface area (TPSA) is 78.4 Å². The van der Waals surface area contributed by atoms with Crippen LogP contribution in [0.25, 0.3) is 0 Å². The van der Waals surface area contributed by atoms with Crippen LogP contribution in [0.15, 0.2) is 30.3 Å². The van der Waals surface area contributed by atoms with Gasteiger partial charge in [-0.25, -0.2) is 0 Å². The molecule has 0 heterocycles. The van der Waals surface area contributed by atoms with Crippen LogP contribution < -0.4 is 10.6 Å². The normalized spacial score (nSPS) is 14.3. The SMILES string of the molecule is CCCCC[C@H](NC(=O)[C@@H](C)CCC)C(O)C(=O)NCc1ccccc1. The van der Waals surface area contributed by atoms with Crippen molar-refractivity contribution < 1.29 is 14.7 Å². The number of benzene rings is 1. The van der Waals surface area contributed by atoms with Gasteiger partial charge in [-0.3, -0.25) is 9.59 Å². The second-order valence-electron chi connectivity index (χ2n) is 6.95. The molecule has 1 aromatic rings. The first kappa shape index (κ1) is 22.2. The molecular weight excluding hydrogens is 328 g/mol. The Kier molecular flexibility index (Phi) is 10.6. The number of carbonyl (C=O) groups is 2. The minimum absolute atomic E-state index is 0.0942. The molecule has 26 heavy (non-hydrogen) atoms. The summed E-state index contributed by atoms with van der Waals surface area (Å²) < 4.78 is 0. The summed E-state index contributed by atoms with van der Waals surface area (Å²) in [5.74, 6) is -0.657. The molecule has 0 aliphatic carbocycles. The van der Waals surface area contributed by atoms with Crippen molar-refractivity contribution in [1.82, 2.24) is 10.6 Å². The Balaban J connectivity index is 2.64. The minimum Gasteiger partial charge on any atom is -0.381 e. The number of hydrogen-bond acceptors (Lipinski definition) is 3. The molecule has 0 saturated carbocycles. The van der Waals surface area contributed by atoms with Gasteiger partial charge in [0.25, 0.3) is 5.91 Å². The van der Waals surface area contributed by atoms with Gasteiger partial charge in [0.05, 0.1) is 6.04 Å². The Bertz CT molecular complexity index is 533. The maximum absolute atomic E-state index is 12.4. The third-order valence-electron chi connectivity index (χ3n) is 4.57. The first-order chi connectivity index (χ1) is 12.5. The van der Waals surface area contributed by atoms with Crippen LogP contribution in [-0.4, -0.2) is 29.1 Å². The molecule has 0 aliphatic rings. The van der Waals surface area contributed by atoms with Crippen LogP contribution >= 0.6 is 0 Å². The lowest BCUT2D eigenvalue weighted by Crippen LogP contribution is -2.51. The third kappa shape index (κ3) is 8.00. The zero-order chi connectivity index (χ0) is 19.4. The van der Waals surface area contributed by atoms with E-state index in [1.807, 2.05) is 44.2 Å². The average Bonchev–Trinajstić information content (AvgIpc) is 2.65. The molecule has 2 amide bonds. The quantitative estimate of drug-likeness (QED) is 0.500. The second kappa shape index (κ2) is 12.5. The molecule has 0 fully saturated rings. The van der Waals surface area contributed by atoms with Crippen molar-refractivity contribution in [3.63, 3.8) is 0 Å². The van der Waals surface area contributed by atoms with Gasteiger partial charge in [-0.1, -0.05) is 76.8 Å². The van der Waals surface area contributed by atoms with Crippen LogP contribution in [0.1, 0.15) is 64.9 Å². The molecule has 146 valence electrons. The largest absolute Gasteiger partial charge is 0.381 e. The second-order valence-corrected chi connectivity index (χ2v) is 6.95. The van der Waals surface area contributed by atoms with Gasteiger partial charge in [0.2, 0.25) is 5.91 Å². The fourth-order valence-corrected chi connectivity index (χ4v) is 2.88. The van der Waals surface area contributed by atoms with Gasteiger partial charge < -0.3 is 15.7 Å². The van der Waals surface area contributed by atoms with Crippen LogP contribution in [0.4, 0.5) is 0 Å². The van der Waals surface area contributed by atoms with Crippen molar-refractivity contribution in [2.24, 2.45) is 5.92 Å². The summed E-state index contributed by atoms with van der Waals surface area (Å²) in [6.45, 7) is 6.37. The molecule has 0 spiro atoms. The van der Waals surface area contributed by atoms with E-state index in [-0.39, 0.29) is 11.8 Å². The molecule has 1 aromatic carbocycles. The molecule has 5 nitrogen and oxygen atoms in total. The van der Waals surface area contributed by atoms with Crippen LogP contribution in [-0.2, 0) is 16.1 Å². The molecule has 0 aliphatic heterocycles. The molecule has 0 saturated heterocycles. The zero-order valence-corrected chi connectivity index (χ0v) is 16.3. The summed E-state index contributed by atoms with van der Waals surface area (Å²) in [6.07, 6.45) is 4.00. The Morgan fingerprint density at radius 1 is 1.00 bits per heavy atom. The average molecular weight is 363 g/mol. The minimum atomic E-state index is -1.24. The van der Waals surface area contributed by atoms with Gasteiger partial charge in [-0.2, -0.15) is 0 Å². The number of carbonyl (C=O) groups excluding carboxylic acids is 2. The molecule has 0 aromatic heterocycles. The first-order valence-corrected chi connectivity index (χ1v) is 9.79. The molecular formula is C21H34N2O3. The molecule has 0 bridgehead atoms. The molecule has 3 atom stereocenters. The summed E-state index contributed by atoms with van der Waals surface area (Å²) >= 11 is 0. The highest BCUT2D eigenvalue weighted by atomic mass is 16.3. The Hall–Kier alpha value is -1.88. The fourth-order valence-electron chi connectivity index (χ4n) is 2.88.